The van der Waals surface area contributed by atoms with Crippen molar-refractivity contribution >= 4 is 5.91 Å². The number of hydrogen-bond donors (Lipinski definition) is 1. The predicted molar refractivity (Wildman–Crippen MR) is 54.4 cm³/mol. The Morgan fingerprint density at radius 2 is 2.44 bits per heavy atom. The van der Waals surface area contributed by atoms with Gasteiger partial charge >= 0.3 is 0 Å². The Labute approximate surface area is 93.4 Å². The molecule has 0 bridgehead atoms. The Hall–Kier alpha value is -1.43. The Kier molecular flexibility index (Phi) is 3.51. The molecule has 1 saturated carbocycles. The molecule has 1 aromatic heterocycles. The van der Waals surface area contributed by atoms with Gasteiger partial charge in [-0.2, -0.15) is 4.98 Å². The van der Waals surface area contributed by atoms with Crippen LogP contribution in [0.4, 0.5) is 0 Å². The van der Waals surface area contributed by atoms with Crippen LogP contribution in [0.15, 0.2) is 4.52 Å². The maximum absolute atomic E-state index is 11.3. The van der Waals surface area contributed by atoms with Gasteiger partial charge in [-0.3, -0.25) is 4.79 Å². The first-order chi connectivity index (χ1) is 7.79. The highest BCUT2D eigenvalue weighted by Crippen LogP contribution is 2.28. The van der Waals surface area contributed by atoms with Gasteiger partial charge in [0.1, 0.15) is 6.61 Å². The summed E-state index contributed by atoms with van der Waals surface area (Å²) in [4.78, 5) is 15.4. The molecule has 1 aliphatic carbocycles. The van der Waals surface area contributed by atoms with E-state index in [1.807, 2.05) is 0 Å². The second-order valence-corrected chi connectivity index (χ2v) is 3.85. The summed E-state index contributed by atoms with van der Waals surface area (Å²) in [6, 6.07) is 0. The lowest BCUT2D eigenvalue weighted by atomic mass is 10.3. The number of nitrogens with zero attached hydrogens (tertiary/aromatic N) is 2. The quantitative estimate of drug-likeness (QED) is 0.752. The number of ether oxygens (including phenoxy) is 1. The molecule has 1 aromatic rings. The monoisotopic (exact) mass is 225 g/mol. The van der Waals surface area contributed by atoms with Crippen LogP contribution in [0.3, 0.4) is 0 Å². The molecule has 0 radical (unpaired) electrons. The van der Waals surface area contributed by atoms with Crippen LogP contribution in [-0.4, -0.2) is 29.7 Å². The number of methoxy groups -OCH3 is 1. The van der Waals surface area contributed by atoms with Crippen molar-refractivity contribution in [2.24, 2.45) is 5.92 Å². The fraction of sp³-hybridized carbons (Fsp3) is 0.700. The third-order valence-electron chi connectivity index (χ3n) is 2.37. The van der Waals surface area contributed by atoms with Crippen LogP contribution in [0.5, 0.6) is 0 Å². The lowest BCUT2D eigenvalue weighted by Crippen LogP contribution is -2.27. The van der Waals surface area contributed by atoms with Crippen LogP contribution in [0.2, 0.25) is 0 Å². The Morgan fingerprint density at radius 3 is 3.12 bits per heavy atom. The first kappa shape index (κ1) is 11.1. The summed E-state index contributed by atoms with van der Waals surface area (Å²) in [5.41, 5.74) is 0. The van der Waals surface area contributed by atoms with E-state index in [0.717, 1.165) is 12.8 Å². The smallest absolute Gasteiger partial charge is 0.252 e. The molecule has 0 spiro atoms. The molecule has 2 rings (SSSR count). The average Bonchev–Trinajstić information content (AvgIpc) is 3.02. The van der Waals surface area contributed by atoms with Crippen molar-refractivity contribution in [3.8, 4) is 0 Å². The minimum atomic E-state index is 0.139. The number of aromatic nitrogens is 2. The van der Waals surface area contributed by atoms with Crippen LogP contribution in [0.1, 0.15) is 24.6 Å². The molecule has 16 heavy (non-hydrogen) atoms. The molecule has 6 nitrogen and oxygen atoms in total. The Bertz CT molecular complexity index is 360. The SMILES string of the molecule is COCc1nc(CCNC(=O)C2CC2)no1. The maximum Gasteiger partial charge on any atom is 0.252 e. The second kappa shape index (κ2) is 5.07. The van der Waals surface area contributed by atoms with E-state index in [-0.39, 0.29) is 11.8 Å². The minimum Gasteiger partial charge on any atom is -0.375 e. The van der Waals surface area contributed by atoms with Gasteiger partial charge in [0.25, 0.3) is 5.89 Å². The van der Waals surface area contributed by atoms with E-state index in [4.69, 9.17) is 9.26 Å². The van der Waals surface area contributed by atoms with Gasteiger partial charge in [0.15, 0.2) is 5.82 Å². The van der Waals surface area contributed by atoms with Gasteiger partial charge in [0, 0.05) is 26.0 Å². The zero-order valence-corrected chi connectivity index (χ0v) is 9.23. The molecule has 0 atom stereocenters. The maximum atomic E-state index is 11.3. The van der Waals surface area contributed by atoms with Crippen LogP contribution < -0.4 is 5.32 Å². The summed E-state index contributed by atoms with van der Waals surface area (Å²) in [5.74, 6) is 1.45. The zero-order valence-electron chi connectivity index (χ0n) is 9.23. The molecule has 0 unspecified atom stereocenters. The van der Waals surface area contributed by atoms with E-state index in [9.17, 15) is 4.79 Å². The van der Waals surface area contributed by atoms with Crippen molar-refractivity contribution in [3.05, 3.63) is 11.7 Å². The van der Waals surface area contributed by atoms with E-state index in [1.54, 1.807) is 7.11 Å². The summed E-state index contributed by atoms with van der Waals surface area (Å²) in [6.45, 7) is 0.878. The molecule has 6 heteroatoms. The lowest BCUT2D eigenvalue weighted by molar-refractivity contribution is -0.122. The van der Waals surface area contributed by atoms with E-state index < -0.39 is 0 Å². The first-order valence-electron chi connectivity index (χ1n) is 5.37. The van der Waals surface area contributed by atoms with Crippen LogP contribution in [0.25, 0.3) is 0 Å². The third kappa shape index (κ3) is 3.03. The highest BCUT2D eigenvalue weighted by atomic mass is 16.5. The van der Waals surface area contributed by atoms with Gasteiger partial charge in [-0.15, -0.1) is 0 Å². The molecule has 1 aliphatic rings. The second-order valence-electron chi connectivity index (χ2n) is 3.85. The molecular formula is C10H15N3O3. The van der Waals surface area contributed by atoms with E-state index >= 15 is 0 Å². The average molecular weight is 225 g/mol. The highest BCUT2D eigenvalue weighted by Gasteiger charge is 2.29. The predicted octanol–water partition coefficient (Wildman–Crippen LogP) is 0.285. The van der Waals surface area contributed by atoms with Crippen LogP contribution in [0, 0.1) is 5.92 Å². The minimum absolute atomic E-state index is 0.139. The number of carbonyl (C=O) groups excluding carboxylic acids is 1. The number of rotatable bonds is 6. The molecule has 1 amide bonds. The van der Waals surface area contributed by atoms with Crippen molar-refractivity contribution in [1.82, 2.24) is 15.5 Å². The Balaban J connectivity index is 1.69. The Morgan fingerprint density at radius 1 is 1.62 bits per heavy atom. The molecule has 1 N–H and O–H groups in total. The van der Waals surface area contributed by atoms with Crippen LogP contribution >= 0.6 is 0 Å². The standard InChI is InChI=1S/C10H15N3O3/c1-15-6-9-12-8(13-16-9)4-5-11-10(14)7-2-3-7/h7H,2-6H2,1H3,(H,11,14). The fourth-order valence-electron chi connectivity index (χ4n) is 1.36. The molecule has 88 valence electrons. The number of amides is 1. The van der Waals surface area contributed by atoms with Crippen molar-refractivity contribution in [3.63, 3.8) is 0 Å². The number of hydrogen-bond acceptors (Lipinski definition) is 5. The molecule has 0 aromatic carbocycles. The lowest BCUT2D eigenvalue weighted by Gasteiger charge is -2.00. The summed E-state index contributed by atoms with van der Waals surface area (Å²) in [6.07, 6.45) is 2.63. The van der Waals surface area contributed by atoms with Crippen molar-refractivity contribution in [2.45, 2.75) is 25.9 Å². The van der Waals surface area contributed by atoms with Crippen molar-refractivity contribution in [1.29, 1.82) is 0 Å². The summed E-state index contributed by atoms with van der Waals surface area (Å²) in [5, 5.41) is 6.62. The number of carbonyl (C=O) groups is 1. The van der Waals surface area contributed by atoms with Crippen molar-refractivity contribution < 1.29 is 14.1 Å². The van der Waals surface area contributed by atoms with E-state index in [1.165, 1.54) is 0 Å². The fourth-order valence-corrected chi connectivity index (χ4v) is 1.36. The molecule has 1 fully saturated rings. The molecular weight excluding hydrogens is 210 g/mol. The zero-order chi connectivity index (χ0) is 11.4. The number of nitrogens with one attached hydrogen (secondary N) is 1. The van der Waals surface area contributed by atoms with E-state index in [2.05, 4.69) is 15.5 Å². The van der Waals surface area contributed by atoms with Gasteiger partial charge in [-0.25, -0.2) is 0 Å². The van der Waals surface area contributed by atoms with Gasteiger partial charge in [0.05, 0.1) is 0 Å². The van der Waals surface area contributed by atoms with Gasteiger partial charge < -0.3 is 14.6 Å². The van der Waals surface area contributed by atoms with Crippen molar-refractivity contribution in [2.75, 3.05) is 13.7 Å². The van der Waals surface area contributed by atoms with Gasteiger partial charge in [0.2, 0.25) is 5.91 Å². The topological polar surface area (TPSA) is 77.2 Å². The largest absolute Gasteiger partial charge is 0.375 e. The summed E-state index contributed by atoms with van der Waals surface area (Å²) in [7, 11) is 1.57. The molecule has 0 saturated heterocycles. The summed E-state index contributed by atoms with van der Waals surface area (Å²) >= 11 is 0. The van der Waals surface area contributed by atoms with Gasteiger partial charge in [-0.1, -0.05) is 5.16 Å². The third-order valence-corrected chi connectivity index (χ3v) is 2.37. The highest BCUT2D eigenvalue weighted by molar-refractivity contribution is 5.80. The normalized spacial score (nSPS) is 15.1. The molecule has 0 aliphatic heterocycles. The van der Waals surface area contributed by atoms with Gasteiger partial charge in [-0.05, 0) is 12.8 Å². The first-order valence-corrected chi connectivity index (χ1v) is 5.37. The molecule has 1 heterocycles. The van der Waals surface area contributed by atoms with E-state index in [0.29, 0.717) is 31.3 Å². The summed E-state index contributed by atoms with van der Waals surface area (Å²) < 4.78 is 9.78. The van der Waals surface area contributed by atoms with Crippen LogP contribution in [-0.2, 0) is 22.6 Å².